The van der Waals surface area contributed by atoms with Crippen LogP contribution in [0.15, 0.2) is 6.20 Å². The lowest BCUT2D eigenvalue weighted by atomic mass is 9.99. The number of carboxylic acid groups (broad SMARTS) is 1. The van der Waals surface area contributed by atoms with Crippen LogP contribution >= 0.6 is 0 Å². The highest BCUT2D eigenvalue weighted by Crippen LogP contribution is 2.27. The molecule has 1 atom stereocenters. The number of aromatic nitrogens is 2. The fourth-order valence-electron chi connectivity index (χ4n) is 2.56. The van der Waals surface area contributed by atoms with Gasteiger partial charge in [0.25, 0.3) is 0 Å². The molecule has 1 aromatic heterocycles. The number of carboxylic acids is 1. The zero-order valence-corrected chi connectivity index (χ0v) is 11.0. The lowest BCUT2D eigenvalue weighted by Gasteiger charge is -2.37. The summed E-state index contributed by atoms with van der Waals surface area (Å²) in [6.45, 7) is 2.63. The molecule has 19 heavy (non-hydrogen) atoms. The van der Waals surface area contributed by atoms with Crippen molar-refractivity contribution in [2.24, 2.45) is 0 Å². The van der Waals surface area contributed by atoms with Gasteiger partial charge < -0.3 is 15.1 Å². The van der Waals surface area contributed by atoms with Gasteiger partial charge in [-0.05, 0) is 32.6 Å². The van der Waals surface area contributed by atoms with Gasteiger partial charge >= 0.3 is 5.97 Å². The van der Waals surface area contributed by atoms with Crippen LogP contribution in [0.2, 0.25) is 0 Å². The monoisotopic (exact) mass is 265 g/mol. The Balaban J connectivity index is 2.37. The lowest BCUT2D eigenvalue weighted by molar-refractivity contribution is 0.0696. The highest BCUT2D eigenvalue weighted by atomic mass is 16.4. The summed E-state index contributed by atoms with van der Waals surface area (Å²) in [5.74, 6) is 0.0368. The molecule has 1 fully saturated rings. The van der Waals surface area contributed by atoms with Gasteiger partial charge in [-0.25, -0.2) is 14.8 Å². The molecule has 0 saturated carbocycles. The van der Waals surface area contributed by atoms with Crippen LogP contribution in [0.1, 0.15) is 41.9 Å². The van der Waals surface area contributed by atoms with Gasteiger partial charge in [0.2, 0.25) is 0 Å². The molecule has 6 heteroatoms. The molecule has 1 aromatic rings. The number of aromatic carboxylic acids is 1. The molecule has 1 saturated heterocycles. The summed E-state index contributed by atoms with van der Waals surface area (Å²) in [5, 5.41) is 18.4. The van der Waals surface area contributed by atoms with E-state index >= 15 is 0 Å². The second-order valence-electron chi connectivity index (χ2n) is 4.81. The van der Waals surface area contributed by atoms with Gasteiger partial charge in [-0.3, -0.25) is 0 Å². The van der Waals surface area contributed by atoms with E-state index in [-0.39, 0.29) is 18.2 Å². The first-order valence-corrected chi connectivity index (χ1v) is 6.58. The summed E-state index contributed by atoms with van der Waals surface area (Å²) in [6.07, 6.45) is 5.09. The number of piperidine rings is 1. The molecule has 0 amide bonds. The van der Waals surface area contributed by atoms with E-state index in [1.807, 2.05) is 4.90 Å². The standard InChI is InChI=1S/C13H19N3O3/c1-9-14-8-11(13(18)19)12(15-9)16-6-3-2-4-10(16)5-7-17/h8,10,17H,2-7H2,1H3,(H,18,19). The number of rotatable bonds is 4. The summed E-state index contributed by atoms with van der Waals surface area (Å²) in [4.78, 5) is 21.6. The van der Waals surface area contributed by atoms with E-state index in [9.17, 15) is 9.90 Å². The zero-order chi connectivity index (χ0) is 13.8. The number of aryl methyl sites for hydroxylation is 1. The second-order valence-corrected chi connectivity index (χ2v) is 4.81. The van der Waals surface area contributed by atoms with Crippen molar-refractivity contribution in [3.8, 4) is 0 Å². The van der Waals surface area contributed by atoms with E-state index < -0.39 is 5.97 Å². The molecular weight excluding hydrogens is 246 g/mol. The summed E-state index contributed by atoms with van der Waals surface area (Å²) in [7, 11) is 0. The normalized spacial score (nSPS) is 19.5. The number of anilines is 1. The van der Waals surface area contributed by atoms with Gasteiger partial charge in [0.1, 0.15) is 17.2 Å². The van der Waals surface area contributed by atoms with Crippen LogP contribution in [0, 0.1) is 6.92 Å². The molecule has 0 aromatic carbocycles. The largest absolute Gasteiger partial charge is 0.477 e. The van der Waals surface area contributed by atoms with Crippen LogP contribution in [0.5, 0.6) is 0 Å². The van der Waals surface area contributed by atoms with Crippen LogP contribution in [0.25, 0.3) is 0 Å². The Hall–Kier alpha value is -1.69. The Morgan fingerprint density at radius 1 is 1.53 bits per heavy atom. The minimum absolute atomic E-state index is 0.105. The first kappa shape index (κ1) is 13.7. The third-order valence-electron chi connectivity index (χ3n) is 3.48. The van der Waals surface area contributed by atoms with Crippen molar-refractivity contribution in [3.63, 3.8) is 0 Å². The molecule has 1 aliphatic rings. The molecule has 0 bridgehead atoms. The van der Waals surface area contributed by atoms with Crippen molar-refractivity contribution in [1.29, 1.82) is 0 Å². The number of carbonyl (C=O) groups is 1. The van der Waals surface area contributed by atoms with Crippen molar-refractivity contribution in [2.45, 2.75) is 38.6 Å². The lowest BCUT2D eigenvalue weighted by Crippen LogP contribution is -2.41. The van der Waals surface area contributed by atoms with Crippen molar-refractivity contribution < 1.29 is 15.0 Å². The van der Waals surface area contributed by atoms with Crippen LogP contribution in [-0.4, -0.2) is 45.3 Å². The molecule has 0 spiro atoms. The quantitative estimate of drug-likeness (QED) is 0.851. The first-order valence-electron chi connectivity index (χ1n) is 6.58. The molecule has 0 aliphatic carbocycles. The third kappa shape index (κ3) is 3.01. The predicted molar refractivity (Wildman–Crippen MR) is 70.4 cm³/mol. The molecule has 0 radical (unpaired) electrons. The maximum atomic E-state index is 11.3. The van der Waals surface area contributed by atoms with Crippen molar-refractivity contribution in [1.82, 2.24) is 9.97 Å². The Labute approximate surface area is 112 Å². The molecular formula is C13H19N3O3. The first-order chi connectivity index (χ1) is 9.13. The van der Waals surface area contributed by atoms with Gasteiger partial charge in [-0.2, -0.15) is 0 Å². The summed E-state index contributed by atoms with van der Waals surface area (Å²) >= 11 is 0. The summed E-state index contributed by atoms with van der Waals surface area (Å²) in [5.41, 5.74) is 0.135. The van der Waals surface area contributed by atoms with Crippen LogP contribution in [0.4, 0.5) is 5.82 Å². The van der Waals surface area contributed by atoms with Gasteiger partial charge in [0, 0.05) is 25.4 Å². The SMILES string of the molecule is Cc1ncc(C(=O)O)c(N2CCCCC2CCO)n1. The topological polar surface area (TPSA) is 86.5 Å². The Bertz CT molecular complexity index is 462. The van der Waals surface area contributed by atoms with Gasteiger partial charge in [0.05, 0.1) is 0 Å². The highest BCUT2D eigenvalue weighted by molar-refractivity contribution is 5.93. The molecule has 2 rings (SSSR count). The van der Waals surface area contributed by atoms with Crippen molar-refractivity contribution in [3.05, 3.63) is 17.6 Å². The molecule has 2 heterocycles. The van der Waals surface area contributed by atoms with Crippen LogP contribution < -0.4 is 4.90 Å². The van der Waals surface area contributed by atoms with Crippen LogP contribution in [0.3, 0.4) is 0 Å². The number of aliphatic hydroxyl groups excluding tert-OH is 1. The molecule has 1 unspecified atom stereocenters. The predicted octanol–water partition coefficient (Wildman–Crippen LogP) is 1.22. The molecule has 104 valence electrons. The fourth-order valence-corrected chi connectivity index (χ4v) is 2.56. The van der Waals surface area contributed by atoms with E-state index in [0.29, 0.717) is 18.1 Å². The zero-order valence-electron chi connectivity index (χ0n) is 11.0. The number of aliphatic hydroxyl groups is 1. The van der Waals surface area contributed by atoms with E-state index in [1.54, 1.807) is 6.92 Å². The molecule has 1 aliphatic heterocycles. The highest BCUT2D eigenvalue weighted by Gasteiger charge is 2.27. The number of hydrogen-bond acceptors (Lipinski definition) is 5. The smallest absolute Gasteiger partial charge is 0.341 e. The number of hydrogen-bond donors (Lipinski definition) is 2. The Morgan fingerprint density at radius 3 is 3.00 bits per heavy atom. The second kappa shape index (κ2) is 5.97. The summed E-state index contributed by atoms with van der Waals surface area (Å²) in [6, 6.07) is 0.158. The third-order valence-corrected chi connectivity index (χ3v) is 3.48. The minimum Gasteiger partial charge on any atom is -0.477 e. The Morgan fingerprint density at radius 2 is 2.32 bits per heavy atom. The minimum atomic E-state index is -1.01. The van der Waals surface area contributed by atoms with Gasteiger partial charge in [0.15, 0.2) is 0 Å². The van der Waals surface area contributed by atoms with E-state index in [2.05, 4.69) is 9.97 Å². The number of nitrogens with zero attached hydrogens (tertiary/aromatic N) is 3. The van der Waals surface area contributed by atoms with Gasteiger partial charge in [-0.1, -0.05) is 0 Å². The van der Waals surface area contributed by atoms with E-state index in [4.69, 9.17) is 5.11 Å². The molecule has 2 N–H and O–H groups in total. The van der Waals surface area contributed by atoms with Gasteiger partial charge in [-0.15, -0.1) is 0 Å². The van der Waals surface area contributed by atoms with E-state index in [1.165, 1.54) is 6.20 Å². The average molecular weight is 265 g/mol. The fraction of sp³-hybridized carbons (Fsp3) is 0.615. The maximum Gasteiger partial charge on any atom is 0.341 e. The Kier molecular flexibility index (Phi) is 4.31. The van der Waals surface area contributed by atoms with E-state index in [0.717, 1.165) is 25.8 Å². The maximum absolute atomic E-state index is 11.3. The average Bonchev–Trinajstić information content (AvgIpc) is 2.39. The van der Waals surface area contributed by atoms with Crippen molar-refractivity contribution >= 4 is 11.8 Å². The van der Waals surface area contributed by atoms with Crippen LogP contribution in [-0.2, 0) is 0 Å². The van der Waals surface area contributed by atoms with Crippen molar-refractivity contribution in [2.75, 3.05) is 18.1 Å². The molecule has 6 nitrogen and oxygen atoms in total. The summed E-state index contributed by atoms with van der Waals surface area (Å²) < 4.78 is 0.